The molecule has 0 radical (unpaired) electrons. The highest BCUT2D eigenvalue weighted by Crippen LogP contribution is 2.36. The molecule has 0 aliphatic carbocycles. The SMILES string of the molecule is CCOc1c(Br)cc(CNC(C)CSC)cc1OC. The van der Waals surface area contributed by atoms with Gasteiger partial charge in [0, 0.05) is 18.3 Å². The minimum atomic E-state index is 0.492. The molecule has 0 fully saturated rings. The van der Waals surface area contributed by atoms with E-state index in [1.807, 2.05) is 24.8 Å². The van der Waals surface area contributed by atoms with Crippen molar-refractivity contribution >= 4 is 27.7 Å². The Bertz CT molecular complexity index is 401. The first-order chi connectivity index (χ1) is 9.12. The summed E-state index contributed by atoms with van der Waals surface area (Å²) < 4.78 is 11.9. The molecule has 1 N–H and O–H groups in total. The van der Waals surface area contributed by atoms with E-state index in [1.165, 1.54) is 5.56 Å². The zero-order valence-corrected chi connectivity index (χ0v) is 14.4. The average Bonchev–Trinajstić information content (AvgIpc) is 2.39. The van der Waals surface area contributed by atoms with Gasteiger partial charge in [-0.1, -0.05) is 0 Å². The van der Waals surface area contributed by atoms with Gasteiger partial charge in [-0.2, -0.15) is 11.8 Å². The van der Waals surface area contributed by atoms with Crippen LogP contribution >= 0.6 is 27.7 Å². The second kappa shape index (κ2) is 8.72. The van der Waals surface area contributed by atoms with Gasteiger partial charge >= 0.3 is 0 Å². The van der Waals surface area contributed by atoms with Crippen LogP contribution in [-0.2, 0) is 6.54 Å². The minimum absolute atomic E-state index is 0.492. The summed E-state index contributed by atoms with van der Waals surface area (Å²) in [7, 11) is 1.66. The van der Waals surface area contributed by atoms with Gasteiger partial charge in [0.05, 0.1) is 18.2 Å². The molecule has 0 saturated carbocycles. The zero-order valence-electron chi connectivity index (χ0n) is 12.0. The van der Waals surface area contributed by atoms with Crippen molar-refractivity contribution in [3.8, 4) is 11.5 Å². The normalized spacial score (nSPS) is 12.3. The molecule has 108 valence electrons. The van der Waals surface area contributed by atoms with E-state index in [9.17, 15) is 0 Å². The van der Waals surface area contributed by atoms with E-state index in [0.717, 1.165) is 28.3 Å². The lowest BCUT2D eigenvalue weighted by Crippen LogP contribution is -2.27. The first-order valence-electron chi connectivity index (χ1n) is 6.33. The van der Waals surface area contributed by atoms with Crippen LogP contribution in [0.25, 0.3) is 0 Å². The van der Waals surface area contributed by atoms with Crippen molar-refractivity contribution in [1.29, 1.82) is 0 Å². The fourth-order valence-corrected chi connectivity index (χ4v) is 2.98. The van der Waals surface area contributed by atoms with Crippen LogP contribution in [0, 0.1) is 0 Å². The van der Waals surface area contributed by atoms with Crippen LogP contribution in [0.2, 0.25) is 0 Å². The number of nitrogens with one attached hydrogen (secondary N) is 1. The number of halogens is 1. The molecule has 1 rings (SSSR count). The zero-order chi connectivity index (χ0) is 14.3. The summed E-state index contributed by atoms with van der Waals surface area (Å²) in [5, 5.41) is 3.49. The largest absolute Gasteiger partial charge is 0.493 e. The maximum Gasteiger partial charge on any atom is 0.175 e. The summed E-state index contributed by atoms with van der Waals surface area (Å²) in [6.07, 6.45) is 2.12. The first-order valence-corrected chi connectivity index (χ1v) is 8.52. The molecule has 1 aromatic carbocycles. The highest BCUT2D eigenvalue weighted by molar-refractivity contribution is 9.10. The average molecular weight is 348 g/mol. The molecule has 1 atom stereocenters. The van der Waals surface area contributed by atoms with Gasteiger partial charge in [0.2, 0.25) is 0 Å². The molecule has 0 amide bonds. The number of hydrogen-bond acceptors (Lipinski definition) is 4. The molecular formula is C14H22BrNO2S. The summed E-state index contributed by atoms with van der Waals surface area (Å²) in [5.41, 5.74) is 1.18. The number of methoxy groups -OCH3 is 1. The molecular weight excluding hydrogens is 326 g/mol. The molecule has 0 saturated heterocycles. The van der Waals surface area contributed by atoms with Crippen molar-refractivity contribution in [3.63, 3.8) is 0 Å². The van der Waals surface area contributed by atoms with Gasteiger partial charge in [0.1, 0.15) is 0 Å². The number of rotatable bonds is 8. The van der Waals surface area contributed by atoms with Crippen molar-refractivity contribution in [2.45, 2.75) is 26.4 Å². The van der Waals surface area contributed by atoms with Gasteiger partial charge in [-0.15, -0.1) is 0 Å². The minimum Gasteiger partial charge on any atom is -0.493 e. The van der Waals surface area contributed by atoms with E-state index in [-0.39, 0.29) is 0 Å². The van der Waals surface area contributed by atoms with Crippen LogP contribution in [0.5, 0.6) is 11.5 Å². The monoisotopic (exact) mass is 347 g/mol. The maximum atomic E-state index is 5.58. The van der Waals surface area contributed by atoms with Gasteiger partial charge in [-0.05, 0) is 53.7 Å². The first kappa shape index (κ1) is 16.7. The number of ether oxygens (including phenoxy) is 2. The molecule has 0 aliphatic rings. The highest BCUT2D eigenvalue weighted by Gasteiger charge is 2.11. The number of thioether (sulfide) groups is 1. The van der Waals surface area contributed by atoms with Crippen LogP contribution in [0.1, 0.15) is 19.4 Å². The summed E-state index contributed by atoms with van der Waals surface area (Å²) in [6, 6.07) is 4.59. The van der Waals surface area contributed by atoms with Gasteiger partial charge < -0.3 is 14.8 Å². The molecule has 5 heteroatoms. The Balaban J connectivity index is 2.77. The second-order valence-electron chi connectivity index (χ2n) is 4.28. The van der Waals surface area contributed by atoms with E-state index in [4.69, 9.17) is 9.47 Å². The molecule has 0 bridgehead atoms. The molecule has 0 aliphatic heterocycles. The molecule has 1 unspecified atom stereocenters. The van der Waals surface area contributed by atoms with Gasteiger partial charge in [-0.3, -0.25) is 0 Å². The third-order valence-electron chi connectivity index (χ3n) is 2.65. The molecule has 1 aromatic rings. The molecule has 3 nitrogen and oxygen atoms in total. The Morgan fingerprint density at radius 1 is 1.42 bits per heavy atom. The third kappa shape index (κ3) is 5.24. The van der Waals surface area contributed by atoms with E-state index in [1.54, 1.807) is 7.11 Å². The van der Waals surface area contributed by atoms with Gasteiger partial charge in [-0.25, -0.2) is 0 Å². The van der Waals surface area contributed by atoms with Crippen LogP contribution in [0.15, 0.2) is 16.6 Å². The Morgan fingerprint density at radius 3 is 2.74 bits per heavy atom. The molecule has 0 heterocycles. The topological polar surface area (TPSA) is 30.5 Å². The van der Waals surface area contributed by atoms with E-state index in [2.05, 4.69) is 40.5 Å². The summed E-state index contributed by atoms with van der Waals surface area (Å²) >= 11 is 5.39. The Kier molecular flexibility index (Phi) is 7.64. The Morgan fingerprint density at radius 2 is 2.16 bits per heavy atom. The van der Waals surface area contributed by atoms with Crippen molar-refractivity contribution in [2.75, 3.05) is 25.7 Å². The van der Waals surface area contributed by atoms with Crippen molar-refractivity contribution in [2.24, 2.45) is 0 Å². The standard InChI is InChI=1S/C14H22BrNO2S/c1-5-18-14-12(15)6-11(7-13(14)17-3)8-16-10(2)9-19-4/h6-7,10,16H,5,8-9H2,1-4H3. The van der Waals surface area contributed by atoms with Crippen LogP contribution < -0.4 is 14.8 Å². The van der Waals surface area contributed by atoms with Gasteiger partial charge in [0.25, 0.3) is 0 Å². The van der Waals surface area contributed by atoms with E-state index >= 15 is 0 Å². The number of hydrogen-bond donors (Lipinski definition) is 1. The summed E-state index contributed by atoms with van der Waals surface area (Å²) in [5.74, 6) is 2.64. The predicted octanol–water partition coefficient (Wildman–Crippen LogP) is 3.70. The van der Waals surface area contributed by atoms with Gasteiger partial charge in [0.15, 0.2) is 11.5 Å². The second-order valence-corrected chi connectivity index (χ2v) is 6.04. The predicted molar refractivity (Wildman–Crippen MR) is 86.5 cm³/mol. The lowest BCUT2D eigenvalue weighted by atomic mass is 10.2. The third-order valence-corrected chi connectivity index (χ3v) is 4.07. The fraction of sp³-hybridized carbons (Fsp3) is 0.571. The summed E-state index contributed by atoms with van der Waals surface area (Å²) in [4.78, 5) is 0. The molecule has 0 aromatic heterocycles. The van der Waals surface area contributed by atoms with Crippen molar-refractivity contribution in [1.82, 2.24) is 5.32 Å². The fourth-order valence-electron chi connectivity index (χ4n) is 1.76. The lowest BCUT2D eigenvalue weighted by molar-refractivity contribution is 0.308. The van der Waals surface area contributed by atoms with E-state index < -0.39 is 0 Å². The van der Waals surface area contributed by atoms with Crippen molar-refractivity contribution in [3.05, 3.63) is 22.2 Å². The molecule has 19 heavy (non-hydrogen) atoms. The van der Waals surface area contributed by atoms with E-state index in [0.29, 0.717) is 12.6 Å². The van der Waals surface area contributed by atoms with Crippen LogP contribution in [0.3, 0.4) is 0 Å². The van der Waals surface area contributed by atoms with Crippen LogP contribution in [0.4, 0.5) is 0 Å². The highest BCUT2D eigenvalue weighted by atomic mass is 79.9. The maximum absolute atomic E-state index is 5.58. The smallest absolute Gasteiger partial charge is 0.175 e. The lowest BCUT2D eigenvalue weighted by Gasteiger charge is -2.16. The Labute approximate surface area is 128 Å². The quantitative estimate of drug-likeness (QED) is 0.776. The molecule has 0 spiro atoms. The Hall–Kier alpha value is -0.390. The van der Waals surface area contributed by atoms with Crippen LogP contribution in [-0.4, -0.2) is 31.8 Å². The van der Waals surface area contributed by atoms with Crippen molar-refractivity contribution < 1.29 is 9.47 Å². The summed E-state index contributed by atoms with van der Waals surface area (Å²) in [6.45, 7) is 5.60. The number of benzene rings is 1.